The van der Waals surface area contributed by atoms with Gasteiger partial charge in [-0.25, -0.2) is 0 Å². The molecule has 0 aromatic carbocycles. The van der Waals surface area contributed by atoms with Crippen molar-refractivity contribution in [1.82, 2.24) is 0 Å². The molecule has 0 aromatic heterocycles. The zero-order valence-corrected chi connectivity index (χ0v) is 16.3. The Balaban J connectivity index is 0.000000665. The van der Waals surface area contributed by atoms with Crippen LogP contribution < -0.4 is 0 Å². The topological polar surface area (TPSA) is 83.8 Å². The number of hydrogen-bond acceptors (Lipinski definition) is 4. The Morgan fingerprint density at radius 3 is 2.56 bits per heavy atom. The predicted molar refractivity (Wildman–Crippen MR) is 105 cm³/mol. The summed E-state index contributed by atoms with van der Waals surface area (Å²) in [6.07, 6.45) is 19.8. The molecule has 2 N–H and O–H groups in total. The van der Waals surface area contributed by atoms with Crippen molar-refractivity contribution in [2.75, 3.05) is 0 Å². The summed E-state index contributed by atoms with van der Waals surface area (Å²) in [6, 6.07) is 0. The van der Waals surface area contributed by atoms with Crippen LogP contribution in [0.4, 0.5) is 0 Å². The van der Waals surface area contributed by atoms with E-state index in [0.29, 0.717) is 30.1 Å². The first kappa shape index (κ1) is 23.0. The number of esters is 1. The lowest BCUT2D eigenvalue weighted by molar-refractivity contribution is -0.160. The van der Waals surface area contributed by atoms with Crippen LogP contribution in [0, 0.1) is 36.5 Å². The van der Waals surface area contributed by atoms with Crippen molar-refractivity contribution in [2.24, 2.45) is 23.7 Å². The highest BCUT2D eigenvalue weighted by Gasteiger charge is 2.34. The summed E-state index contributed by atoms with van der Waals surface area (Å²) in [5, 5.41) is 16.6. The van der Waals surface area contributed by atoms with Crippen molar-refractivity contribution in [3.63, 3.8) is 0 Å². The second kappa shape index (κ2) is 11.6. The molecule has 0 aromatic rings. The van der Waals surface area contributed by atoms with Crippen LogP contribution in [0.3, 0.4) is 0 Å². The van der Waals surface area contributed by atoms with E-state index in [-0.39, 0.29) is 25.0 Å². The van der Waals surface area contributed by atoms with Crippen molar-refractivity contribution in [1.29, 1.82) is 0 Å². The van der Waals surface area contributed by atoms with Gasteiger partial charge in [0.2, 0.25) is 0 Å². The van der Waals surface area contributed by atoms with Gasteiger partial charge in [-0.2, -0.15) is 0 Å². The van der Waals surface area contributed by atoms with Crippen LogP contribution in [0.2, 0.25) is 0 Å². The van der Waals surface area contributed by atoms with Crippen molar-refractivity contribution in [3.05, 3.63) is 23.8 Å². The molecule has 0 radical (unpaired) electrons. The molecule has 2 aliphatic carbocycles. The third-order valence-electron chi connectivity index (χ3n) is 5.68. The number of rotatable bonds is 3. The Kier molecular flexibility index (Phi) is 9.88. The lowest BCUT2D eigenvalue weighted by Crippen LogP contribution is -2.34. The van der Waals surface area contributed by atoms with Crippen LogP contribution in [0.1, 0.15) is 52.4 Å². The smallest absolute Gasteiger partial charge is 0.308 e. The zero-order valence-electron chi connectivity index (χ0n) is 16.3. The molecule has 1 aliphatic heterocycles. The number of cyclic esters (lactones) is 1. The van der Waals surface area contributed by atoms with Crippen LogP contribution in [0.15, 0.2) is 23.8 Å². The zero-order chi connectivity index (χ0) is 20.4. The van der Waals surface area contributed by atoms with Gasteiger partial charge >= 0.3 is 5.97 Å². The standard InChI is InChI=1S/C19H28O3.C2H2.CH2O2/c1-12-3-7-18-14(9-12)5-4-13(2)17(18)8-6-16-10-15(20)11-19(21)22-16;1-2;2-1-3/h4-5,9,12-13,15-18,20H,3,6-8,10-11H2,1-2H3;1-2H;1H,(H,2,3)/t12-,13+,15-,16-,17+,18+;;/m1../s1. The Morgan fingerprint density at radius 2 is 1.93 bits per heavy atom. The Morgan fingerprint density at radius 1 is 1.26 bits per heavy atom. The first-order valence-corrected chi connectivity index (χ1v) is 9.63. The summed E-state index contributed by atoms with van der Waals surface area (Å²) >= 11 is 0. The maximum absolute atomic E-state index is 11.5. The summed E-state index contributed by atoms with van der Waals surface area (Å²) in [7, 11) is 0. The molecule has 1 fully saturated rings. The van der Waals surface area contributed by atoms with Gasteiger partial charge in [-0.15, -0.1) is 12.8 Å². The van der Waals surface area contributed by atoms with Gasteiger partial charge < -0.3 is 14.9 Å². The van der Waals surface area contributed by atoms with Gasteiger partial charge in [0.1, 0.15) is 6.10 Å². The van der Waals surface area contributed by atoms with Gasteiger partial charge in [0.15, 0.2) is 0 Å². The van der Waals surface area contributed by atoms with Crippen LogP contribution in [-0.2, 0) is 14.3 Å². The van der Waals surface area contributed by atoms with Crippen molar-refractivity contribution < 1.29 is 24.5 Å². The number of allylic oxidation sites excluding steroid dienone is 4. The van der Waals surface area contributed by atoms with E-state index < -0.39 is 6.10 Å². The molecule has 1 saturated heterocycles. The lowest BCUT2D eigenvalue weighted by Gasteiger charge is -2.39. The van der Waals surface area contributed by atoms with Crippen LogP contribution in [0.5, 0.6) is 0 Å². The average molecular weight is 376 g/mol. The van der Waals surface area contributed by atoms with E-state index in [4.69, 9.17) is 14.6 Å². The van der Waals surface area contributed by atoms with Gasteiger partial charge in [0.05, 0.1) is 12.5 Å². The number of aliphatic hydroxyl groups excluding tert-OH is 1. The number of carbonyl (C=O) groups excluding carboxylic acids is 1. The van der Waals surface area contributed by atoms with Crippen LogP contribution >= 0.6 is 0 Å². The molecule has 5 nitrogen and oxygen atoms in total. The molecule has 3 aliphatic rings. The number of carbonyl (C=O) groups is 2. The van der Waals surface area contributed by atoms with E-state index in [2.05, 4.69) is 44.9 Å². The van der Waals surface area contributed by atoms with Crippen molar-refractivity contribution in [3.8, 4) is 12.8 Å². The van der Waals surface area contributed by atoms with Gasteiger partial charge in [0.25, 0.3) is 6.47 Å². The molecule has 0 unspecified atom stereocenters. The molecule has 0 bridgehead atoms. The molecule has 27 heavy (non-hydrogen) atoms. The highest BCUT2D eigenvalue weighted by Crippen LogP contribution is 2.43. The molecule has 6 atom stereocenters. The highest BCUT2D eigenvalue weighted by atomic mass is 16.5. The van der Waals surface area contributed by atoms with E-state index in [1.54, 1.807) is 0 Å². The van der Waals surface area contributed by atoms with Gasteiger partial charge in [-0.1, -0.05) is 32.1 Å². The SMILES string of the molecule is C#C.C[C@H]1C=C2C=C[C@H](C)[C@H](CC[C@@H]3C[C@@H](O)CC(=O)O3)[C@H]2CC1.O=CO. The quantitative estimate of drug-likeness (QED) is 0.447. The third kappa shape index (κ3) is 6.88. The predicted octanol–water partition coefficient (Wildman–Crippen LogP) is 3.58. The summed E-state index contributed by atoms with van der Waals surface area (Å²) in [5.41, 5.74) is 1.52. The van der Waals surface area contributed by atoms with Crippen LogP contribution in [0.25, 0.3) is 0 Å². The summed E-state index contributed by atoms with van der Waals surface area (Å²) < 4.78 is 5.40. The summed E-state index contributed by atoms with van der Waals surface area (Å²) in [6.45, 7) is 4.35. The minimum absolute atomic E-state index is 0.0932. The van der Waals surface area contributed by atoms with Gasteiger partial charge in [-0.05, 0) is 54.9 Å². The van der Waals surface area contributed by atoms with E-state index in [1.807, 2.05) is 0 Å². The van der Waals surface area contributed by atoms with Gasteiger partial charge in [-0.3, -0.25) is 9.59 Å². The van der Waals surface area contributed by atoms with E-state index in [0.717, 1.165) is 12.8 Å². The maximum atomic E-state index is 11.5. The maximum Gasteiger partial charge on any atom is 0.308 e. The lowest BCUT2D eigenvalue weighted by atomic mass is 9.66. The molecule has 0 saturated carbocycles. The molecule has 5 heteroatoms. The first-order chi connectivity index (χ1) is 12.9. The first-order valence-electron chi connectivity index (χ1n) is 9.63. The minimum atomic E-state index is -0.513. The number of carboxylic acid groups (broad SMARTS) is 1. The third-order valence-corrected chi connectivity index (χ3v) is 5.68. The second-order valence-corrected chi connectivity index (χ2v) is 7.60. The van der Waals surface area contributed by atoms with E-state index >= 15 is 0 Å². The molecule has 1 heterocycles. The monoisotopic (exact) mass is 376 g/mol. The summed E-state index contributed by atoms with van der Waals surface area (Å²) in [5.74, 6) is 2.34. The molecule has 0 amide bonds. The van der Waals surface area contributed by atoms with Crippen molar-refractivity contribution in [2.45, 2.75) is 64.6 Å². The number of fused-ring (bicyclic) bond motifs is 1. The fourth-order valence-corrected chi connectivity index (χ4v) is 4.44. The fraction of sp³-hybridized carbons (Fsp3) is 0.636. The van der Waals surface area contributed by atoms with Crippen LogP contribution in [-0.4, -0.2) is 34.9 Å². The second-order valence-electron chi connectivity index (χ2n) is 7.60. The van der Waals surface area contributed by atoms with Crippen molar-refractivity contribution >= 4 is 12.4 Å². The molecule has 3 rings (SSSR count). The average Bonchev–Trinajstić information content (AvgIpc) is 2.62. The number of ether oxygens (including phenoxy) is 1. The number of hydrogen-bond donors (Lipinski definition) is 2. The van der Waals surface area contributed by atoms with E-state index in [1.165, 1.54) is 18.4 Å². The molecule has 150 valence electrons. The normalized spacial score (nSPS) is 34.4. The number of aliphatic hydroxyl groups is 1. The Hall–Kier alpha value is -2.06. The largest absolute Gasteiger partial charge is 0.483 e. The highest BCUT2D eigenvalue weighted by molar-refractivity contribution is 5.70. The number of terminal acetylenes is 1. The minimum Gasteiger partial charge on any atom is -0.483 e. The van der Waals surface area contributed by atoms with E-state index in [9.17, 15) is 9.90 Å². The Labute approximate surface area is 162 Å². The van der Waals surface area contributed by atoms with Gasteiger partial charge in [0, 0.05) is 6.42 Å². The summed E-state index contributed by atoms with van der Waals surface area (Å²) in [4.78, 5) is 19.8. The molecular weight excluding hydrogens is 344 g/mol. The Bertz CT molecular complexity index is 562. The molecular formula is C22H32O5. The fourth-order valence-electron chi connectivity index (χ4n) is 4.44. The molecule has 0 spiro atoms.